The Hall–Kier alpha value is -4.18. The Morgan fingerprint density at radius 3 is 2.29 bits per heavy atom. The van der Waals surface area contributed by atoms with Crippen LogP contribution in [0.5, 0.6) is 0 Å². The summed E-state index contributed by atoms with van der Waals surface area (Å²) in [6.45, 7) is -0.947. The molecule has 178 valence electrons. The topological polar surface area (TPSA) is 166 Å². The second-order valence-electron chi connectivity index (χ2n) is 7.81. The van der Waals surface area contributed by atoms with E-state index in [1.54, 1.807) is 30.5 Å². The predicted molar refractivity (Wildman–Crippen MR) is 126 cm³/mol. The molecule has 0 fully saturated rings. The highest BCUT2D eigenvalue weighted by Crippen LogP contribution is 2.18. The zero-order valence-corrected chi connectivity index (χ0v) is 18.4. The Kier molecular flexibility index (Phi) is 8.36. The van der Waals surface area contributed by atoms with Crippen LogP contribution in [0.3, 0.4) is 0 Å². The van der Waals surface area contributed by atoms with Gasteiger partial charge in [0.05, 0.1) is 12.6 Å². The van der Waals surface area contributed by atoms with Crippen molar-refractivity contribution in [1.82, 2.24) is 20.9 Å². The average Bonchev–Trinajstić information content (AvgIpc) is 3.24. The Morgan fingerprint density at radius 1 is 0.882 bits per heavy atom. The number of benzene rings is 2. The Morgan fingerprint density at radius 2 is 1.56 bits per heavy atom. The van der Waals surface area contributed by atoms with Gasteiger partial charge in [-0.1, -0.05) is 48.5 Å². The third-order valence-electron chi connectivity index (χ3n) is 5.22. The van der Waals surface area contributed by atoms with Gasteiger partial charge in [-0.25, -0.2) is 0 Å². The van der Waals surface area contributed by atoms with Crippen LogP contribution in [0.15, 0.2) is 60.8 Å². The molecule has 0 radical (unpaired) electrons. The lowest BCUT2D eigenvalue weighted by Gasteiger charge is -2.19. The number of fused-ring (bicyclic) bond motifs is 1. The van der Waals surface area contributed by atoms with Crippen LogP contribution in [0.25, 0.3) is 10.9 Å². The number of carboxylic acids is 1. The van der Waals surface area contributed by atoms with Crippen molar-refractivity contribution in [2.24, 2.45) is 5.73 Å². The smallest absolute Gasteiger partial charge is 0.322 e. The molecule has 0 bridgehead atoms. The van der Waals surface area contributed by atoms with Crippen LogP contribution < -0.4 is 21.7 Å². The summed E-state index contributed by atoms with van der Waals surface area (Å²) >= 11 is 0. The third-order valence-corrected chi connectivity index (χ3v) is 5.22. The molecule has 1 aromatic heterocycles. The molecule has 0 spiro atoms. The lowest BCUT2D eigenvalue weighted by Crippen LogP contribution is -2.52. The van der Waals surface area contributed by atoms with Gasteiger partial charge in [0.2, 0.25) is 17.7 Å². The van der Waals surface area contributed by atoms with E-state index < -0.39 is 42.3 Å². The van der Waals surface area contributed by atoms with E-state index in [-0.39, 0.29) is 19.4 Å². The lowest BCUT2D eigenvalue weighted by atomic mass is 10.0. The second-order valence-corrected chi connectivity index (χ2v) is 7.81. The van der Waals surface area contributed by atoms with Crippen molar-refractivity contribution in [2.45, 2.75) is 24.9 Å². The number of hydrogen-bond donors (Lipinski definition) is 6. The number of H-pyrrole nitrogens is 1. The maximum absolute atomic E-state index is 12.4. The first-order valence-electron chi connectivity index (χ1n) is 10.7. The van der Waals surface area contributed by atoms with E-state index in [9.17, 15) is 19.2 Å². The number of amides is 3. The molecule has 10 nitrogen and oxygen atoms in total. The third kappa shape index (κ3) is 6.91. The summed E-state index contributed by atoms with van der Waals surface area (Å²) in [6, 6.07) is 14.7. The molecular weight excluding hydrogens is 438 g/mol. The summed E-state index contributed by atoms with van der Waals surface area (Å²) in [5.41, 5.74) is 8.64. The van der Waals surface area contributed by atoms with E-state index in [4.69, 9.17) is 10.8 Å². The number of para-hydroxylation sites is 1. The number of carbonyl (C=O) groups is 4. The van der Waals surface area contributed by atoms with Crippen molar-refractivity contribution in [3.8, 4) is 0 Å². The van der Waals surface area contributed by atoms with Crippen molar-refractivity contribution >= 4 is 34.6 Å². The fourth-order valence-corrected chi connectivity index (χ4v) is 3.52. The number of aromatic amines is 1. The molecule has 3 rings (SSSR count). The molecule has 1 heterocycles. The van der Waals surface area contributed by atoms with Gasteiger partial charge < -0.3 is 31.8 Å². The van der Waals surface area contributed by atoms with Gasteiger partial charge in [0.25, 0.3) is 0 Å². The fourth-order valence-electron chi connectivity index (χ4n) is 3.52. The number of nitrogens with one attached hydrogen (secondary N) is 4. The molecule has 34 heavy (non-hydrogen) atoms. The summed E-state index contributed by atoms with van der Waals surface area (Å²) in [6.07, 6.45) is 2.24. The summed E-state index contributed by atoms with van der Waals surface area (Å²) in [7, 11) is 0. The predicted octanol–water partition coefficient (Wildman–Crippen LogP) is 0.0822. The van der Waals surface area contributed by atoms with Crippen molar-refractivity contribution in [3.63, 3.8) is 0 Å². The van der Waals surface area contributed by atoms with E-state index >= 15 is 0 Å². The Balaban J connectivity index is 1.54. The van der Waals surface area contributed by atoms with Crippen LogP contribution in [0.4, 0.5) is 0 Å². The minimum Gasteiger partial charge on any atom is -0.480 e. The molecule has 3 amide bonds. The van der Waals surface area contributed by atoms with E-state index in [0.29, 0.717) is 0 Å². The molecule has 0 aliphatic heterocycles. The molecule has 2 unspecified atom stereocenters. The highest BCUT2D eigenvalue weighted by Gasteiger charge is 2.23. The first-order valence-corrected chi connectivity index (χ1v) is 10.7. The minimum atomic E-state index is -1.20. The highest BCUT2D eigenvalue weighted by molar-refractivity contribution is 5.92. The van der Waals surface area contributed by atoms with Crippen molar-refractivity contribution < 1.29 is 24.3 Å². The lowest BCUT2D eigenvalue weighted by molar-refractivity contribution is -0.138. The fraction of sp³-hybridized carbons (Fsp3) is 0.250. The zero-order valence-electron chi connectivity index (χ0n) is 18.4. The number of nitrogens with two attached hydrogens (primary N) is 1. The molecule has 0 saturated carbocycles. The maximum atomic E-state index is 12.4. The molecule has 2 aromatic carbocycles. The van der Waals surface area contributed by atoms with Crippen LogP contribution >= 0.6 is 0 Å². The summed E-state index contributed by atoms with van der Waals surface area (Å²) in [4.78, 5) is 51.2. The quantitative estimate of drug-likeness (QED) is 0.235. The molecule has 0 aliphatic carbocycles. The summed E-state index contributed by atoms with van der Waals surface area (Å²) in [5.74, 6) is -2.94. The van der Waals surface area contributed by atoms with Crippen molar-refractivity contribution in [1.29, 1.82) is 0 Å². The molecule has 3 aromatic rings. The first-order chi connectivity index (χ1) is 16.3. The van der Waals surface area contributed by atoms with Gasteiger partial charge in [-0.05, 0) is 23.6 Å². The first kappa shape index (κ1) is 24.5. The van der Waals surface area contributed by atoms with Crippen molar-refractivity contribution in [2.75, 3.05) is 13.1 Å². The van der Waals surface area contributed by atoms with E-state index in [0.717, 1.165) is 22.0 Å². The van der Waals surface area contributed by atoms with Gasteiger partial charge in [0.15, 0.2) is 0 Å². The minimum absolute atomic E-state index is 0.159. The summed E-state index contributed by atoms with van der Waals surface area (Å²) in [5, 5.41) is 17.1. The average molecular weight is 466 g/mol. The number of carbonyl (C=O) groups excluding carboxylic acids is 3. The Bertz CT molecular complexity index is 1160. The number of aromatic nitrogens is 1. The van der Waals surface area contributed by atoms with Gasteiger partial charge in [-0.3, -0.25) is 19.2 Å². The number of carboxylic acid groups (broad SMARTS) is 1. The molecule has 0 aliphatic rings. The Labute approximate surface area is 195 Å². The largest absolute Gasteiger partial charge is 0.480 e. The normalized spacial score (nSPS) is 12.5. The van der Waals surface area contributed by atoms with Gasteiger partial charge >= 0.3 is 5.97 Å². The molecule has 0 saturated heterocycles. The van der Waals surface area contributed by atoms with E-state index in [2.05, 4.69) is 20.9 Å². The van der Waals surface area contributed by atoms with Gasteiger partial charge in [-0.15, -0.1) is 0 Å². The number of hydrogen-bond acceptors (Lipinski definition) is 5. The molecular formula is C24H27N5O5. The van der Waals surface area contributed by atoms with Gasteiger partial charge in [-0.2, -0.15) is 0 Å². The van der Waals surface area contributed by atoms with Gasteiger partial charge in [0, 0.05) is 23.5 Å². The molecule has 7 N–H and O–H groups in total. The van der Waals surface area contributed by atoms with Gasteiger partial charge in [0.1, 0.15) is 12.6 Å². The van der Waals surface area contributed by atoms with Crippen LogP contribution in [-0.2, 0) is 32.0 Å². The maximum Gasteiger partial charge on any atom is 0.322 e. The number of rotatable bonds is 11. The van der Waals surface area contributed by atoms with Crippen molar-refractivity contribution in [3.05, 3.63) is 71.9 Å². The van der Waals surface area contributed by atoms with Crippen LogP contribution in [0, 0.1) is 0 Å². The van der Waals surface area contributed by atoms with E-state index in [1.807, 2.05) is 30.3 Å². The van der Waals surface area contributed by atoms with Crippen LogP contribution in [0.2, 0.25) is 0 Å². The second kappa shape index (κ2) is 11.6. The summed E-state index contributed by atoms with van der Waals surface area (Å²) < 4.78 is 0. The zero-order chi connectivity index (χ0) is 24.5. The monoisotopic (exact) mass is 465 g/mol. The number of aliphatic carboxylic acids is 1. The van der Waals surface area contributed by atoms with E-state index in [1.165, 1.54) is 0 Å². The highest BCUT2D eigenvalue weighted by atomic mass is 16.4. The van der Waals surface area contributed by atoms with Crippen LogP contribution in [0.1, 0.15) is 11.1 Å². The standard InChI is InChI=1S/C24H27N5O5/c25-18(11-16-12-26-19-9-5-4-8-17(16)19)23(33)27-13-21(30)29-20(24(34)28-14-22(31)32)10-15-6-2-1-3-7-15/h1-9,12,18,20,26H,10-11,13-14,25H2,(H,27,33)(H,28,34)(H,29,30)(H,31,32). The van der Waals surface area contributed by atoms with Crippen LogP contribution in [-0.4, -0.2) is 59.0 Å². The molecule has 10 heteroatoms. The SMILES string of the molecule is NC(Cc1c[nH]c2ccccc12)C(=O)NCC(=O)NC(Cc1ccccc1)C(=O)NCC(=O)O. The molecule has 2 atom stereocenters.